The number of ether oxygens (including phenoxy) is 1. The summed E-state index contributed by atoms with van der Waals surface area (Å²) in [5.74, 6) is 1.35. The van der Waals surface area contributed by atoms with Crippen LogP contribution in [0.2, 0.25) is 0 Å². The van der Waals surface area contributed by atoms with Gasteiger partial charge in [0, 0.05) is 29.3 Å². The van der Waals surface area contributed by atoms with Gasteiger partial charge in [-0.1, -0.05) is 17.8 Å². The molecule has 0 aliphatic rings. The number of benzene rings is 2. The van der Waals surface area contributed by atoms with Gasteiger partial charge in [-0.3, -0.25) is 14.3 Å². The van der Waals surface area contributed by atoms with Crippen molar-refractivity contribution in [1.29, 1.82) is 0 Å². The molecule has 0 aliphatic heterocycles. The van der Waals surface area contributed by atoms with Gasteiger partial charge in [0.15, 0.2) is 11.0 Å². The molecule has 34 heavy (non-hydrogen) atoms. The number of hydrogen-bond donors (Lipinski definition) is 1. The van der Waals surface area contributed by atoms with Gasteiger partial charge < -0.3 is 10.1 Å². The molecule has 0 aliphatic carbocycles. The topological polar surface area (TPSA) is 81.9 Å². The first-order valence-corrected chi connectivity index (χ1v) is 12.0. The van der Waals surface area contributed by atoms with Crippen LogP contribution in [-0.4, -0.2) is 37.5 Å². The van der Waals surface area contributed by atoms with Crippen LogP contribution in [0.25, 0.3) is 17.1 Å². The minimum atomic E-state index is -0.395. The van der Waals surface area contributed by atoms with Gasteiger partial charge in [0.2, 0.25) is 5.91 Å². The third-order valence-corrected chi connectivity index (χ3v) is 6.14. The molecular weight excluding hydrogens is 446 g/mol. The third kappa shape index (κ3) is 5.46. The first-order valence-electron chi connectivity index (χ1n) is 11.1. The van der Waals surface area contributed by atoms with Crippen LogP contribution in [0.4, 0.5) is 5.69 Å². The summed E-state index contributed by atoms with van der Waals surface area (Å²) in [4.78, 5) is 17.2. The molecule has 2 heterocycles. The Balaban J connectivity index is 1.63. The first kappa shape index (κ1) is 23.5. The quantitative estimate of drug-likeness (QED) is 0.342. The molecule has 1 unspecified atom stereocenters. The van der Waals surface area contributed by atoms with Crippen molar-refractivity contribution in [1.82, 2.24) is 19.7 Å². The number of thioether (sulfide) groups is 1. The molecule has 2 aromatic heterocycles. The van der Waals surface area contributed by atoms with E-state index in [9.17, 15) is 4.79 Å². The monoisotopic (exact) mass is 473 g/mol. The Labute approximate surface area is 203 Å². The van der Waals surface area contributed by atoms with Crippen molar-refractivity contribution in [2.24, 2.45) is 0 Å². The number of hydrogen-bond acceptors (Lipinski definition) is 6. The van der Waals surface area contributed by atoms with Gasteiger partial charge in [0.1, 0.15) is 5.75 Å². The zero-order valence-electron chi connectivity index (χ0n) is 19.6. The molecular formula is C26H27N5O2S. The number of anilines is 1. The van der Waals surface area contributed by atoms with Crippen LogP contribution < -0.4 is 10.1 Å². The predicted molar refractivity (Wildman–Crippen MR) is 136 cm³/mol. The van der Waals surface area contributed by atoms with Crippen LogP contribution in [0.3, 0.4) is 0 Å². The van der Waals surface area contributed by atoms with Gasteiger partial charge in [0.05, 0.1) is 11.9 Å². The molecule has 2 aromatic carbocycles. The summed E-state index contributed by atoms with van der Waals surface area (Å²) in [6, 6.07) is 17.5. The predicted octanol–water partition coefficient (Wildman–Crippen LogP) is 5.46. The van der Waals surface area contributed by atoms with E-state index in [1.807, 2.05) is 80.8 Å². The van der Waals surface area contributed by atoms with Gasteiger partial charge in [-0.2, -0.15) is 0 Å². The molecule has 7 nitrogen and oxygen atoms in total. The number of aryl methyl sites for hydroxylation is 2. The molecule has 0 fully saturated rings. The minimum absolute atomic E-state index is 0.0980. The molecule has 0 radical (unpaired) electrons. The summed E-state index contributed by atoms with van der Waals surface area (Å²) in [5, 5.41) is 12.1. The Morgan fingerprint density at radius 1 is 1.09 bits per heavy atom. The van der Waals surface area contributed by atoms with E-state index in [1.165, 1.54) is 11.8 Å². The number of pyridine rings is 1. The Bertz CT molecular complexity index is 1250. The lowest BCUT2D eigenvalue weighted by Gasteiger charge is -2.15. The molecule has 1 atom stereocenters. The lowest BCUT2D eigenvalue weighted by molar-refractivity contribution is -0.115. The second-order valence-electron chi connectivity index (χ2n) is 7.94. The van der Waals surface area contributed by atoms with E-state index in [1.54, 1.807) is 12.4 Å². The van der Waals surface area contributed by atoms with Crippen molar-refractivity contribution < 1.29 is 9.53 Å². The van der Waals surface area contributed by atoms with Crippen molar-refractivity contribution in [2.75, 3.05) is 11.9 Å². The number of nitrogens with zero attached hydrogens (tertiary/aromatic N) is 4. The highest BCUT2D eigenvalue weighted by Crippen LogP contribution is 2.31. The minimum Gasteiger partial charge on any atom is -0.494 e. The molecule has 8 heteroatoms. The number of aromatic nitrogens is 4. The first-order chi connectivity index (χ1) is 16.4. The largest absolute Gasteiger partial charge is 0.494 e. The van der Waals surface area contributed by atoms with E-state index < -0.39 is 5.25 Å². The molecule has 0 spiro atoms. The van der Waals surface area contributed by atoms with Crippen molar-refractivity contribution in [3.8, 4) is 22.8 Å². The van der Waals surface area contributed by atoms with Crippen LogP contribution in [-0.2, 0) is 4.79 Å². The number of nitrogens with one attached hydrogen (secondary N) is 1. The standard InChI is InChI=1S/C26H27N5O2S/c1-5-33-23-10-8-22(9-11-23)31-24(20-7-6-12-27-16-20)29-30-26(31)34-19(4)25(32)28-21-14-17(2)13-18(3)15-21/h6-16,19H,5H2,1-4H3,(H,28,32). The average molecular weight is 474 g/mol. The lowest BCUT2D eigenvalue weighted by atomic mass is 10.1. The fourth-order valence-electron chi connectivity index (χ4n) is 3.62. The molecule has 174 valence electrons. The number of carbonyl (C=O) groups is 1. The second kappa shape index (κ2) is 10.5. The number of amides is 1. The van der Waals surface area contributed by atoms with Crippen molar-refractivity contribution >= 4 is 23.4 Å². The van der Waals surface area contributed by atoms with E-state index in [4.69, 9.17) is 4.74 Å². The highest BCUT2D eigenvalue weighted by Gasteiger charge is 2.22. The molecule has 4 rings (SSSR count). The molecule has 0 saturated heterocycles. The maximum atomic E-state index is 13.0. The van der Waals surface area contributed by atoms with Gasteiger partial charge >= 0.3 is 0 Å². The normalized spacial score (nSPS) is 11.8. The Morgan fingerprint density at radius 2 is 1.82 bits per heavy atom. The summed E-state index contributed by atoms with van der Waals surface area (Å²) in [6.45, 7) is 8.44. The molecule has 0 bridgehead atoms. The van der Waals surface area contributed by atoms with Crippen LogP contribution in [0.1, 0.15) is 25.0 Å². The summed E-state index contributed by atoms with van der Waals surface area (Å²) < 4.78 is 7.53. The highest BCUT2D eigenvalue weighted by atomic mass is 32.2. The van der Waals surface area contributed by atoms with Crippen molar-refractivity contribution in [3.63, 3.8) is 0 Å². The maximum absolute atomic E-state index is 13.0. The van der Waals surface area contributed by atoms with Gasteiger partial charge in [0.25, 0.3) is 0 Å². The molecule has 0 saturated carbocycles. The summed E-state index contributed by atoms with van der Waals surface area (Å²) >= 11 is 1.36. The number of carbonyl (C=O) groups excluding carboxylic acids is 1. The third-order valence-electron chi connectivity index (χ3n) is 5.10. The van der Waals surface area contributed by atoms with E-state index in [-0.39, 0.29) is 5.91 Å². The molecule has 1 amide bonds. The zero-order chi connectivity index (χ0) is 24.1. The van der Waals surface area contributed by atoms with E-state index in [2.05, 4.69) is 26.6 Å². The van der Waals surface area contributed by atoms with Crippen LogP contribution in [0, 0.1) is 13.8 Å². The lowest BCUT2D eigenvalue weighted by Crippen LogP contribution is -2.23. The van der Waals surface area contributed by atoms with Crippen molar-refractivity contribution in [2.45, 2.75) is 38.1 Å². The Morgan fingerprint density at radius 3 is 2.47 bits per heavy atom. The van der Waals surface area contributed by atoms with E-state index in [0.717, 1.165) is 33.8 Å². The van der Waals surface area contributed by atoms with Gasteiger partial charge in [-0.15, -0.1) is 10.2 Å². The Hall–Kier alpha value is -3.65. The maximum Gasteiger partial charge on any atom is 0.237 e. The average Bonchev–Trinajstić information content (AvgIpc) is 3.23. The number of rotatable bonds is 8. The van der Waals surface area contributed by atoms with Gasteiger partial charge in [-0.25, -0.2) is 0 Å². The zero-order valence-corrected chi connectivity index (χ0v) is 20.5. The van der Waals surface area contributed by atoms with Crippen LogP contribution in [0.5, 0.6) is 5.75 Å². The Kier molecular flexibility index (Phi) is 7.27. The SMILES string of the molecule is CCOc1ccc(-n2c(SC(C)C(=O)Nc3cc(C)cc(C)c3)nnc2-c2cccnc2)cc1. The second-order valence-corrected chi connectivity index (χ2v) is 9.24. The molecule has 4 aromatic rings. The fourth-order valence-corrected chi connectivity index (χ4v) is 4.49. The molecule has 1 N–H and O–H groups in total. The summed E-state index contributed by atoms with van der Waals surface area (Å²) in [6.07, 6.45) is 3.47. The summed E-state index contributed by atoms with van der Waals surface area (Å²) in [5.41, 5.74) is 4.71. The smallest absolute Gasteiger partial charge is 0.237 e. The van der Waals surface area contributed by atoms with E-state index >= 15 is 0 Å². The summed E-state index contributed by atoms with van der Waals surface area (Å²) in [7, 11) is 0. The highest BCUT2D eigenvalue weighted by molar-refractivity contribution is 8.00. The fraction of sp³-hybridized carbons (Fsp3) is 0.231. The van der Waals surface area contributed by atoms with E-state index in [0.29, 0.717) is 17.6 Å². The van der Waals surface area contributed by atoms with Crippen LogP contribution >= 0.6 is 11.8 Å². The van der Waals surface area contributed by atoms with Gasteiger partial charge in [-0.05, 0) is 87.4 Å². The van der Waals surface area contributed by atoms with Crippen LogP contribution in [0.15, 0.2) is 72.1 Å². The van der Waals surface area contributed by atoms with Crippen molar-refractivity contribution in [3.05, 3.63) is 78.1 Å².